The van der Waals surface area contributed by atoms with Crippen molar-refractivity contribution in [3.05, 3.63) is 139 Å². The van der Waals surface area contributed by atoms with Gasteiger partial charge < -0.3 is 5.73 Å². The largest absolute Gasteiger partial charge is 0.321 e. The average molecular weight is 464 g/mol. The lowest BCUT2D eigenvalue weighted by molar-refractivity contribution is 0.504. The Morgan fingerprint density at radius 2 is 1.18 bits per heavy atom. The van der Waals surface area contributed by atoms with Gasteiger partial charge in [0.05, 0.1) is 23.3 Å². The highest BCUT2D eigenvalue weighted by molar-refractivity contribution is 7.76. The number of para-hydroxylation sites is 1. The predicted octanol–water partition coefficient (Wildman–Crippen LogP) is 5.49. The van der Waals surface area contributed by atoms with Crippen LogP contribution in [-0.2, 0) is 4.57 Å². The molecule has 34 heavy (non-hydrogen) atoms. The first-order valence-electron chi connectivity index (χ1n) is 11.3. The minimum Gasteiger partial charge on any atom is -0.321 e. The summed E-state index contributed by atoms with van der Waals surface area (Å²) in [7, 11) is -3.23. The van der Waals surface area contributed by atoms with E-state index in [-0.39, 0.29) is 0 Å². The van der Waals surface area contributed by atoms with Crippen molar-refractivity contribution in [2.45, 2.75) is 12.1 Å². The van der Waals surface area contributed by atoms with Gasteiger partial charge in [0, 0.05) is 16.0 Å². The Hall–Kier alpha value is -3.56. The quantitative estimate of drug-likeness (QED) is 0.313. The van der Waals surface area contributed by atoms with E-state index < -0.39 is 19.4 Å². The number of aromatic nitrogens is 1. The summed E-state index contributed by atoms with van der Waals surface area (Å²) in [4.78, 5) is 4.84. The molecule has 5 heteroatoms. The summed E-state index contributed by atoms with van der Waals surface area (Å²) in [5.41, 5.74) is 9.46. The molecule has 2 atom stereocenters. The van der Waals surface area contributed by atoms with Gasteiger partial charge in [-0.2, -0.15) is 0 Å². The van der Waals surface area contributed by atoms with Gasteiger partial charge in [-0.25, -0.2) is 0 Å². The van der Waals surface area contributed by atoms with Gasteiger partial charge in [0.15, 0.2) is 0 Å². The van der Waals surface area contributed by atoms with E-state index in [2.05, 4.69) is 5.09 Å². The number of fused-ring (bicyclic) bond motifs is 1. The summed E-state index contributed by atoms with van der Waals surface area (Å²) in [6, 6.07) is 40.1. The molecule has 0 aliphatic rings. The van der Waals surface area contributed by atoms with Crippen LogP contribution in [0.2, 0.25) is 0 Å². The lowest BCUT2D eigenvalue weighted by atomic mass is 9.97. The summed E-state index contributed by atoms with van der Waals surface area (Å²) in [5, 5.41) is 6.05. The van der Waals surface area contributed by atoms with Gasteiger partial charge in [-0.15, -0.1) is 0 Å². The molecule has 4 nitrogen and oxygen atoms in total. The molecule has 4 aromatic carbocycles. The Morgan fingerprint density at radius 3 is 1.79 bits per heavy atom. The summed E-state index contributed by atoms with van der Waals surface area (Å²) in [5.74, 6) is 0. The molecule has 0 bridgehead atoms. The second-order valence-electron chi connectivity index (χ2n) is 8.25. The van der Waals surface area contributed by atoms with Crippen LogP contribution in [-0.4, -0.2) is 4.98 Å². The van der Waals surface area contributed by atoms with Crippen molar-refractivity contribution in [2.75, 3.05) is 0 Å². The molecular weight excluding hydrogens is 437 g/mol. The van der Waals surface area contributed by atoms with Crippen LogP contribution in [0.15, 0.2) is 127 Å². The normalized spacial score (nSPS) is 13.4. The third-order valence-electron chi connectivity index (χ3n) is 6.04. The summed E-state index contributed by atoms with van der Waals surface area (Å²) < 4.78 is 14.8. The fraction of sp³-hybridized carbons (Fsp3) is 0.0690. The summed E-state index contributed by atoms with van der Waals surface area (Å²) >= 11 is 0. The third-order valence-corrected chi connectivity index (χ3v) is 8.73. The predicted molar refractivity (Wildman–Crippen MR) is 141 cm³/mol. The van der Waals surface area contributed by atoms with Crippen molar-refractivity contribution in [1.29, 1.82) is 0 Å². The zero-order valence-electron chi connectivity index (χ0n) is 18.7. The van der Waals surface area contributed by atoms with Crippen LogP contribution in [0.5, 0.6) is 0 Å². The van der Waals surface area contributed by atoms with Crippen LogP contribution in [0.3, 0.4) is 0 Å². The smallest absolute Gasteiger partial charge is 0.205 e. The molecule has 168 valence electrons. The van der Waals surface area contributed by atoms with Gasteiger partial charge in [0.25, 0.3) is 0 Å². The number of nitrogens with two attached hydrogens (primary N) is 1. The lowest BCUT2D eigenvalue weighted by Crippen LogP contribution is -2.36. The Labute approximate surface area is 199 Å². The van der Waals surface area contributed by atoms with Gasteiger partial charge in [0.1, 0.15) is 0 Å². The molecule has 0 saturated carbocycles. The van der Waals surface area contributed by atoms with E-state index in [1.807, 2.05) is 127 Å². The van der Waals surface area contributed by atoms with E-state index in [9.17, 15) is 4.57 Å². The third kappa shape index (κ3) is 4.44. The Balaban J connectivity index is 1.62. The molecule has 0 aliphatic carbocycles. The highest BCUT2D eigenvalue weighted by Gasteiger charge is 2.34. The SMILES string of the molecule is N[C@@H](c1ccc2ccccc2n1)[C@@H](NP(=O)(c1ccccc1)c1ccccc1)c1ccccc1. The number of rotatable bonds is 7. The minimum absolute atomic E-state index is 0.430. The number of pyridine rings is 1. The number of benzene rings is 4. The van der Waals surface area contributed by atoms with E-state index in [1.54, 1.807) is 0 Å². The van der Waals surface area contributed by atoms with Gasteiger partial charge in [-0.1, -0.05) is 91.0 Å². The first-order chi connectivity index (χ1) is 16.6. The van der Waals surface area contributed by atoms with Gasteiger partial charge in [-0.05, 0) is 42.0 Å². The Morgan fingerprint density at radius 1 is 0.647 bits per heavy atom. The molecule has 0 aliphatic heterocycles. The first kappa shape index (κ1) is 22.2. The van der Waals surface area contributed by atoms with Crippen LogP contribution >= 0.6 is 7.29 Å². The van der Waals surface area contributed by atoms with E-state index in [1.165, 1.54) is 0 Å². The van der Waals surface area contributed by atoms with Gasteiger partial charge in [0.2, 0.25) is 7.29 Å². The van der Waals surface area contributed by atoms with Crippen molar-refractivity contribution in [3.63, 3.8) is 0 Å². The number of nitrogens with one attached hydrogen (secondary N) is 1. The summed E-state index contributed by atoms with van der Waals surface area (Å²) in [6.45, 7) is 0. The maximum atomic E-state index is 14.8. The van der Waals surface area contributed by atoms with Crippen molar-refractivity contribution in [2.24, 2.45) is 5.73 Å². The molecule has 3 N–H and O–H groups in total. The van der Waals surface area contributed by atoms with Crippen molar-refractivity contribution >= 4 is 28.8 Å². The molecule has 1 heterocycles. The second kappa shape index (κ2) is 9.74. The molecule has 1 aromatic heterocycles. The first-order valence-corrected chi connectivity index (χ1v) is 13.0. The van der Waals surface area contributed by atoms with Gasteiger partial charge in [-0.3, -0.25) is 14.6 Å². The molecule has 0 spiro atoms. The fourth-order valence-corrected chi connectivity index (χ4v) is 6.71. The van der Waals surface area contributed by atoms with E-state index in [4.69, 9.17) is 10.7 Å². The van der Waals surface area contributed by atoms with E-state index >= 15 is 0 Å². The Bertz CT molecular complexity index is 1380. The number of nitrogens with zero attached hydrogens (tertiary/aromatic N) is 1. The monoisotopic (exact) mass is 463 g/mol. The lowest BCUT2D eigenvalue weighted by Gasteiger charge is -2.31. The molecule has 0 unspecified atom stereocenters. The van der Waals surface area contributed by atoms with Crippen molar-refractivity contribution < 1.29 is 4.57 Å². The zero-order valence-corrected chi connectivity index (χ0v) is 19.6. The number of hydrogen-bond donors (Lipinski definition) is 2. The maximum Gasteiger partial charge on any atom is 0.205 e. The second-order valence-corrected chi connectivity index (χ2v) is 10.8. The highest BCUT2D eigenvalue weighted by Crippen LogP contribution is 2.44. The summed E-state index contributed by atoms with van der Waals surface area (Å²) in [6.07, 6.45) is 0. The molecular formula is C29H26N3OP. The molecule has 5 rings (SSSR count). The van der Waals surface area contributed by atoms with Crippen LogP contribution in [0.25, 0.3) is 10.9 Å². The topological polar surface area (TPSA) is 68.0 Å². The molecule has 0 amide bonds. The standard InChI is InChI=1S/C29H26N3OP/c30-28(27-21-20-22-12-10-11-19-26(22)31-27)29(23-13-4-1-5-14-23)32-34(33,24-15-6-2-7-16-24)25-17-8-3-9-18-25/h1-21,28-29H,30H2,(H,32,33)/t28-,29-/m0/s1. The zero-order chi connectivity index (χ0) is 23.4. The molecule has 0 saturated heterocycles. The minimum atomic E-state index is -3.23. The maximum absolute atomic E-state index is 14.8. The van der Waals surface area contributed by atoms with E-state index in [0.717, 1.165) is 32.8 Å². The molecule has 5 aromatic rings. The van der Waals surface area contributed by atoms with E-state index in [0.29, 0.717) is 0 Å². The molecule has 0 fully saturated rings. The van der Waals surface area contributed by atoms with Crippen LogP contribution in [0.4, 0.5) is 0 Å². The van der Waals surface area contributed by atoms with Crippen LogP contribution < -0.4 is 21.4 Å². The number of hydrogen-bond acceptors (Lipinski definition) is 3. The highest BCUT2D eigenvalue weighted by atomic mass is 31.2. The van der Waals surface area contributed by atoms with Crippen molar-refractivity contribution in [3.8, 4) is 0 Å². The molecule has 0 radical (unpaired) electrons. The van der Waals surface area contributed by atoms with Gasteiger partial charge >= 0.3 is 0 Å². The fourth-order valence-electron chi connectivity index (χ4n) is 4.23. The Kier molecular flexibility index (Phi) is 6.37. The average Bonchev–Trinajstić information content (AvgIpc) is 2.92. The van der Waals surface area contributed by atoms with Crippen LogP contribution in [0.1, 0.15) is 23.3 Å². The van der Waals surface area contributed by atoms with Crippen LogP contribution in [0, 0.1) is 0 Å². The van der Waals surface area contributed by atoms with Crippen molar-refractivity contribution in [1.82, 2.24) is 10.1 Å².